The van der Waals surface area contributed by atoms with Crippen LogP contribution in [-0.4, -0.2) is 31.6 Å². The van der Waals surface area contributed by atoms with Crippen molar-refractivity contribution in [3.05, 3.63) is 35.1 Å². The van der Waals surface area contributed by atoms with E-state index in [0.717, 1.165) is 18.7 Å². The van der Waals surface area contributed by atoms with E-state index in [1.165, 1.54) is 6.42 Å². The standard InChI is InChI=1S/C16H27FN2/c1-12(2)8-15(19(4)5)11-18-10-14-7-6-13(3)16(17)9-14/h6-7,9,12,15,18H,8,10-11H2,1-5H3. The van der Waals surface area contributed by atoms with Crippen LogP contribution < -0.4 is 5.32 Å². The molecule has 1 atom stereocenters. The summed E-state index contributed by atoms with van der Waals surface area (Å²) in [5.41, 5.74) is 1.71. The number of nitrogens with one attached hydrogen (secondary N) is 1. The molecular formula is C16H27FN2. The molecule has 0 amide bonds. The van der Waals surface area contributed by atoms with Gasteiger partial charge in [0.05, 0.1) is 0 Å². The third-order valence-corrected chi connectivity index (χ3v) is 3.42. The molecule has 1 aromatic rings. The summed E-state index contributed by atoms with van der Waals surface area (Å²) in [5.74, 6) is 0.566. The number of hydrogen-bond donors (Lipinski definition) is 1. The number of hydrogen-bond acceptors (Lipinski definition) is 2. The summed E-state index contributed by atoms with van der Waals surface area (Å²) in [6.45, 7) is 7.93. The van der Waals surface area contributed by atoms with Gasteiger partial charge in [-0.05, 0) is 50.6 Å². The summed E-state index contributed by atoms with van der Waals surface area (Å²) in [6, 6.07) is 5.97. The average Bonchev–Trinajstić information content (AvgIpc) is 2.31. The lowest BCUT2D eigenvalue weighted by molar-refractivity contribution is 0.246. The molecule has 0 heterocycles. The highest BCUT2D eigenvalue weighted by Gasteiger charge is 2.12. The number of benzene rings is 1. The van der Waals surface area contributed by atoms with E-state index in [9.17, 15) is 4.39 Å². The van der Waals surface area contributed by atoms with Gasteiger partial charge in [0.2, 0.25) is 0 Å². The maximum absolute atomic E-state index is 13.4. The minimum atomic E-state index is -0.120. The Morgan fingerprint density at radius 3 is 2.47 bits per heavy atom. The Balaban J connectivity index is 2.45. The first-order valence-corrected chi connectivity index (χ1v) is 7.02. The quantitative estimate of drug-likeness (QED) is 0.815. The number of nitrogens with zero attached hydrogens (tertiary/aromatic N) is 1. The molecule has 0 aliphatic rings. The molecule has 0 spiro atoms. The van der Waals surface area contributed by atoms with Crippen molar-refractivity contribution in [3.63, 3.8) is 0 Å². The fourth-order valence-corrected chi connectivity index (χ4v) is 2.15. The Bertz CT molecular complexity index is 388. The Kier molecular flexibility index (Phi) is 6.46. The molecule has 19 heavy (non-hydrogen) atoms. The lowest BCUT2D eigenvalue weighted by atomic mass is 10.0. The van der Waals surface area contributed by atoms with E-state index in [-0.39, 0.29) is 5.82 Å². The minimum Gasteiger partial charge on any atom is -0.311 e. The van der Waals surface area contributed by atoms with Gasteiger partial charge in [0.15, 0.2) is 0 Å². The van der Waals surface area contributed by atoms with E-state index >= 15 is 0 Å². The van der Waals surface area contributed by atoms with Crippen LogP contribution >= 0.6 is 0 Å². The van der Waals surface area contributed by atoms with Crippen molar-refractivity contribution in [2.75, 3.05) is 20.6 Å². The van der Waals surface area contributed by atoms with Crippen molar-refractivity contribution >= 4 is 0 Å². The van der Waals surface area contributed by atoms with Crippen LogP contribution in [0, 0.1) is 18.7 Å². The number of aryl methyl sites for hydroxylation is 1. The maximum atomic E-state index is 13.4. The van der Waals surface area contributed by atoms with Crippen LogP contribution in [0.15, 0.2) is 18.2 Å². The second-order valence-electron chi connectivity index (χ2n) is 5.96. The molecule has 1 N–H and O–H groups in total. The minimum absolute atomic E-state index is 0.120. The molecule has 108 valence electrons. The van der Waals surface area contributed by atoms with E-state index in [2.05, 4.69) is 38.2 Å². The molecule has 1 rings (SSSR count). The molecule has 3 heteroatoms. The highest BCUT2D eigenvalue weighted by molar-refractivity contribution is 5.23. The zero-order chi connectivity index (χ0) is 14.4. The molecule has 0 radical (unpaired) electrons. The van der Waals surface area contributed by atoms with Gasteiger partial charge >= 0.3 is 0 Å². The van der Waals surface area contributed by atoms with Gasteiger partial charge in [0.25, 0.3) is 0 Å². The monoisotopic (exact) mass is 266 g/mol. The van der Waals surface area contributed by atoms with Crippen molar-refractivity contribution < 1.29 is 4.39 Å². The van der Waals surface area contributed by atoms with Crippen molar-refractivity contribution in [3.8, 4) is 0 Å². The van der Waals surface area contributed by atoms with Crippen LogP contribution in [0.1, 0.15) is 31.4 Å². The smallest absolute Gasteiger partial charge is 0.126 e. The highest BCUT2D eigenvalue weighted by Crippen LogP contribution is 2.10. The molecule has 0 saturated carbocycles. The first kappa shape index (κ1) is 16.1. The lowest BCUT2D eigenvalue weighted by Crippen LogP contribution is -2.38. The molecule has 0 fully saturated rings. The summed E-state index contributed by atoms with van der Waals surface area (Å²) < 4.78 is 13.4. The van der Waals surface area contributed by atoms with Gasteiger partial charge < -0.3 is 10.2 Å². The predicted molar refractivity (Wildman–Crippen MR) is 79.8 cm³/mol. The maximum Gasteiger partial charge on any atom is 0.126 e. The first-order chi connectivity index (χ1) is 8.90. The summed E-state index contributed by atoms with van der Waals surface area (Å²) in [7, 11) is 4.22. The normalized spacial score (nSPS) is 13.3. The van der Waals surface area contributed by atoms with Crippen molar-refractivity contribution in [2.24, 2.45) is 5.92 Å². The molecule has 1 unspecified atom stereocenters. The topological polar surface area (TPSA) is 15.3 Å². The van der Waals surface area contributed by atoms with Crippen molar-refractivity contribution in [1.29, 1.82) is 0 Å². The Morgan fingerprint density at radius 2 is 1.95 bits per heavy atom. The lowest BCUT2D eigenvalue weighted by Gasteiger charge is -2.26. The molecule has 0 saturated heterocycles. The van der Waals surface area contributed by atoms with Crippen molar-refractivity contribution in [2.45, 2.75) is 39.8 Å². The van der Waals surface area contributed by atoms with E-state index in [4.69, 9.17) is 0 Å². The zero-order valence-electron chi connectivity index (χ0n) is 12.8. The largest absolute Gasteiger partial charge is 0.311 e. The second-order valence-corrected chi connectivity index (χ2v) is 5.96. The molecule has 0 aromatic heterocycles. The highest BCUT2D eigenvalue weighted by atomic mass is 19.1. The van der Waals surface area contributed by atoms with Crippen LogP contribution in [0.3, 0.4) is 0 Å². The van der Waals surface area contributed by atoms with Gasteiger partial charge in [0, 0.05) is 19.1 Å². The third-order valence-electron chi connectivity index (χ3n) is 3.42. The van der Waals surface area contributed by atoms with E-state index in [1.54, 1.807) is 13.0 Å². The van der Waals surface area contributed by atoms with E-state index in [1.807, 2.05) is 12.1 Å². The summed E-state index contributed by atoms with van der Waals surface area (Å²) in [4.78, 5) is 2.25. The van der Waals surface area contributed by atoms with Gasteiger partial charge in [0.1, 0.15) is 5.82 Å². The van der Waals surface area contributed by atoms with Gasteiger partial charge in [-0.1, -0.05) is 26.0 Å². The average molecular weight is 266 g/mol. The zero-order valence-corrected chi connectivity index (χ0v) is 12.8. The van der Waals surface area contributed by atoms with E-state index < -0.39 is 0 Å². The molecular weight excluding hydrogens is 239 g/mol. The summed E-state index contributed by atoms with van der Waals surface area (Å²) >= 11 is 0. The first-order valence-electron chi connectivity index (χ1n) is 7.02. The fourth-order valence-electron chi connectivity index (χ4n) is 2.15. The van der Waals surface area contributed by atoms with Gasteiger partial charge in [-0.25, -0.2) is 4.39 Å². The van der Waals surface area contributed by atoms with Crippen molar-refractivity contribution in [1.82, 2.24) is 10.2 Å². The SMILES string of the molecule is Cc1ccc(CNCC(CC(C)C)N(C)C)cc1F. The Labute approximate surface area is 117 Å². The Morgan fingerprint density at radius 1 is 1.26 bits per heavy atom. The van der Waals surface area contributed by atoms with Crippen LogP contribution in [0.25, 0.3) is 0 Å². The fraction of sp³-hybridized carbons (Fsp3) is 0.625. The van der Waals surface area contributed by atoms with E-state index in [0.29, 0.717) is 17.5 Å². The number of likely N-dealkylation sites (N-methyl/N-ethyl adjacent to an activating group) is 1. The molecule has 0 aliphatic carbocycles. The molecule has 2 nitrogen and oxygen atoms in total. The molecule has 0 aliphatic heterocycles. The predicted octanol–water partition coefficient (Wildman–Crippen LogP) is 3.20. The third kappa shape index (κ3) is 5.70. The van der Waals surface area contributed by atoms with Crippen LogP contribution in [0.5, 0.6) is 0 Å². The van der Waals surface area contributed by atoms with Gasteiger partial charge in [-0.15, -0.1) is 0 Å². The van der Waals surface area contributed by atoms with Crippen LogP contribution in [0.4, 0.5) is 4.39 Å². The molecule has 0 bridgehead atoms. The summed E-state index contributed by atoms with van der Waals surface area (Å²) in [6.07, 6.45) is 1.17. The van der Waals surface area contributed by atoms with Gasteiger partial charge in [-0.2, -0.15) is 0 Å². The summed E-state index contributed by atoms with van der Waals surface area (Å²) in [5, 5.41) is 3.43. The van der Waals surface area contributed by atoms with Crippen LogP contribution in [0.2, 0.25) is 0 Å². The Hall–Kier alpha value is -0.930. The van der Waals surface area contributed by atoms with Crippen LogP contribution in [-0.2, 0) is 6.54 Å². The molecule has 1 aromatic carbocycles. The second kappa shape index (κ2) is 7.61. The van der Waals surface area contributed by atoms with Gasteiger partial charge in [-0.3, -0.25) is 0 Å². The number of rotatable bonds is 7. The number of halogens is 1.